The smallest absolute Gasteiger partial charge is 0.0364 e. The Morgan fingerprint density at radius 3 is 2.12 bits per heavy atom. The van der Waals surface area contributed by atoms with Crippen LogP contribution in [0, 0.1) is 0 Å². The van der Waals surface area contributed by atoms with Crippen molar-refractivity contribution in [3.63, 3.8) is 0 Å². The highest BCUT2D eigenvalue weighted by Gasteiger charge is 2.13. The molecule has 0 aromatic heterocycles. The first kappa shape index (κ1) is 13.0. The molecular weight excluding hydrogens is 196 g/mol. The zero-order valence-electron chi connectivity index (χ0n) is 11.2. The fraction of sp³-hybridized carbons (Fsp3) is 0.571. The highest BCUT2D eigenvalue weighted by Crippen LogP contribution is 2.24. The van der Waals surface area contributed by atoms with Crippen molar-refractivity contribution in [1.29, 1.82) is 0 Å². The fourth-order valence-electron chi connectivity index (χ4n) is 1.62. The molecule has 1 rings (SSSR count). The van der Waals surface area contributed by atoms with E-state index in [0.29, 0.717) is 0 Å². The average Bonchev–Trinajstić information content (AvgIpc) is 2.25. The van der Waals surface area contributed by atoms with Gasteiger partial charge in [0.2, 0.25) is 0 Å². The molecule has 0 saturated heterocycles. The van der Waals surface area contributed by atoms with Crippen LogP contribution in [0.4, 0.5) is 5.69 Å². The van der Waals surface area contributed by atoms with E-state index in [1.165, 1.54) is 11.3 Å². The van der Waals surface area contributed by atoms with Crippen LogP contribution in [0.3, 0.4) is 0 Å². The Morgan fingerprint density at radius 1 is 1.12 bits per heavy atom. The molecule has 2 heteroatoms. The topological polar surface area (TPSA) is 15.3 Å². The molecule has 0 fully saturated rings. The summed E-state index contributed by atoms with van der Waals surface area (Å²) < 4.78 is 0. The molecule has 0 aliphatic heterocycles. The van der Waals surface area contributed by atoms with Crippen LogP contribution >= 0.6 is 0 Å². The van der Waals surface area contributed by atoms with Gasteiger partial charge in [0, 0.05) is 25.8 Å². The number of likely N-dealkylation sites (N-methyl/N-ethyl adjacent to an activating group) is 2. The summed E-state index contributed by atoms with van der Waals surface area (Å²) in [6.45, 7) is 8.77. The number of benzene rings is 1. The molecule has 0 spiro atoms. The summed E-state index contributed by atoms with van der Waals surface area (Å²) in [5.41, 5.74) is 2.91. The normalized spacial score (nSPS) is 11.6. The van der Waals surface area contributed by atoms with Crippen molar-refractivity contribution in [2.75, 3.05) is 32.1 Å². The molecule has 1 N–H and O–H groups in total. The minimum atomic E-state index is 0.238. The molecule has 0 radical (unpaired) electrons. The minimum absolute atomic E-state index is 0.238. The molecule has 90 valence electrons. The van der Waals surface area contributed by atoms with Gasteiger partial charge in [-0.1, -0.05) is 32.9 Å². The quantitative estimate of drug-likeness (QED) is 0.839. The van der Waals surface area contributed by atoms with Gasteiger partial charge in [-0.3, -0.25) is 0 Å². The van der Waals surface area contributed by atoms with Gasteiger partial charge < -0.3 is 10.2 Å². The van der Waals surface area contributed by atoms with Crippen molar-refractivity contribution in [2.24, 2.45) is 0 Å². The van der Waals surface area contributed by atoms with Crippen LogP contribution in [0.25, 0.3) is 0 Å². The van der Waals surface area contributed by atoms with Gasteiger partial charge in [0.05, 0.1) is 0 Å². The second-order valence-electron chi connectivity index (χ2n) is 5.32. The summed E-state index contributed by atoms with van der Waals surface area (Å²) in [4.78, 5) is 2.27. The van der Waals surface area contributed by atoms with Gasteiger partial charge in [-0.2, -0.15) is 0 Å². The minimum Gasteiger partial charge on any atom is -0.373 e. The number of nitrogens with zero attached hydrogens (tertiary/aromatic N) is 1. The largest absolute Gasteiger partial charge is 0.373 e. The highest BCUT2D eigenvalue weighted by molar-refractivity contribution is 5.47. The summed E-state index contributed by atoms with van der Waals surface area (Å²) in [5, 5.41) is 3.16. The summed E-state index contributed by atoms with van der Waals surface area (Å²) in [6, 6.07) is 8.86. The van der Waals surface area contributed by atoms with E-state index in [4.69, 9.17) is 0 Å². The fourth-order valence-corrected chi connectivity index (χ4v) is 1.62. The van der Waals surface area contributed by atoms with Crippen molar-refractivity contribution in [3.05, 3.63) is 29.8 Å². The molecule has 0 aliphatic rings. The Labute approximate surface area is 99.7 Å². The SMILES string of the molecule is CNCCN(C)c1ccc(C(C)(C)C)cc1. The maximum Gasteiger partial charge on any atom is 0.0364 e. The Hall–Kier alpha value is -1.02. The number of nitrogens with one attached hydrogen (secondary N) is 1. The number of rotatable bonds is 4. The Bertz CT molecular complexity index is 309. The van der Waals surface area contributed by atoms with Crippen molar-refractivity contribution >= 4 is 5.69 Å². The van der Waals surface area contributed by atoms with E-state index in [-0.39, 0.29) is 5.41 Å². The summed E-state index contributed by atoms with van der Waals surface area (Å²) in [6.07, 6.45) is 0. The second kappa shape index (κ2) is 5.35. The van der Waals surface area contributed by atoms with Crippen molar-refractivity contribution < 1.29 is 0 Å². The highest BCUT2D eigenvalue weighted by atomic mass is 15.1. The predicted molar refractivity (Wildman–Crippen MR) is 72.3 cm³/mol. The molecular formula is C14H24N2. The summed E-state index contributed by atoms with van der Waals surface area (Å²) in [7, 11) is 4.11. The molecule has 0 unspecified atom stereocenters. The van der Waals surface area contributed by atoms with E-state index >= 15 is 0 Å². The Morgan fingerprint density at radius 2 is 1.69 bits per heavy atom. The maximum absolute atomic E-state index is 3.16. The zero-order valence-corrected chi connectivity index (χ0v) is 11.2. The molecule has 1 aromatic rings. The predicted octanol–water partition coefficient (Wildman–Crippen LogP) is 2.64. The number of hydrogen-bond donors (Lipinski definition) is 1. The van der Waals surface area contributed by atoms with E-state index in [1.807, 2.05) is 7.05 Å². The molecule has 0 heterocycles. The second-order valence-corrected chi connectivity index (χ2v) is 5.32. The zero-order chi connectivity index (χ0) is 12.2. The molecule has 0 aliphatic carbocycles. The number of anilines is 1. The average molecular weight is 220 g/mol. The van der Waals surface area contributed by atoms with E-state index in [2.05, 4.69) is 62.3 Å². The third kappa shape index (κ3) is 3.53. The van der Waals surface area contributed by atoms with Crippen LogP contribution < -0.4 is 10.2 Å². The molecule has 0 amide bonds. The van der Waals surface area contributed by atoms with E-state index in [9.17, 15) is 0 Å². The van der Waals surface area contributed by atoms with Gasteiger partial charge in [-0.05, 0) is 30.2 Å². The molecule has 0 saturated carbocycles. The van der Waals surface area contributed by atoms with Gasteiger partial charge in [0.25, 0.3) is 0 Å². The van der Waals surface area contributed by atoms with Gasteiger partial charge in [0.1, 0.15) is 0 Å². The standard InChI is InChI=1S/C14H24N2/c1-14(2,3)12-6-8-13(9-7-12)16(5)11-10-15-4/h6-9,15H,10-11H2,1-5H3. The van der Waals surface area contributed by atoms with E-state index in [0.717, 1.165) is 13.1 Å². The molecule has 1 aromatic carbocycles. The first-order valence-corrected chi connectivity index (χ1v) is 5.91. The molecule has 2 nitrogen and oxygen atoms in total. The van der Waals surface area contributed by atoms with Gasteiger partial charge >= 0.3 is 0 Å². The van der Waals surface area contributed by atoms with Crippen molar-refractivity contribution in [2.45, 2.75) is 26.2 Å². The summed E-state index contributed by atoms with van der Waals surface area (Å²) in [5.74, 6) is 0. The molecule has 0 atom stereocenters. The van der Waals surface area contributed by atoms with Gasteiger partial charge in [-0.25, -0.2) is 0 Å². The monoisotopic (exact) mass is 220 g/mol. The van der Waals surface area contributed by atoms with Crippen LogP contribution in [0.1, 0.15) is 26.3 Å². The van der Waals surface area contributed by atoms with E-state index < -0.39 is 0 Å². The molecule has 16 heavy (non-hydrogen) atoms. The van der Waals surface area contributed by atoms with Crippen LogP contribution in [0.2, 0.25) is 0 Å². The van der Waals surface area contributed by atoms with Gasteiger partial charge in [0.15, 0.2) is 0 Å². The van der Waals surface area contributed by atoms with Crippen LogP contribution in [0.15, 0.2) is 24.3 Å². The Balaban J connectivity index is 2.71. The van der Waals surface area contributed by atoms with Crippen molar-refractivity contribution in [3.8, 4) is 0 Å². The maximum atomic E-state index is 3.16. The van der Waals surface area contributed by atoms with Crippen molar-refractivity contribution in [1.82, 2.24) is 5.32 Å². The van der Waals surface area contributed by atoms with Crippen LogP contribution in [0.5, 0.6) is 0 Å². The first-order chi connectivity index (χ1) is 7.45. The lowest BCUT2D eigenvalue weighted by Crippen LogP contribution is -2.27. The lowest BCUT2D eigenvalue weighted by atomic mass is 9.87. The van der Waals surface area contributed by atoms with Crippen LogP contribution in [-0.2, 0) is 5.41 Å². The van der Waals surface area contributed by atoms with Crippen LogP contribution in [-0.4, -0.2) is 27.2 Å². The summed E-state index contributed by atoms with van der Waals surface area (Å²) >= 11 is 0. The van der Waals surface area contributed by atoms with E-state index in [1.54, 1.807) is 0 Å². The Kier molecular flexibility index (Phi) is 4.36. The lowest BCUT2D eigenvalue weighted by Gasteiger charge is -2.22. The lowest BCUT2D eigenvalue weighted by molar-refractivity contribution is 0.590. The molecule has 0 bridgehead atoms. The third-order valence-corrected chi connectivity index (χ3v) is 2.87. The third-order valence-electron chi connectivity index (χ3n) is 2.87. The van der Waals surface area contributed by atoms with Gasteiger partial charge in [-0.15, -0.1) is 0 Å². The first-order valence-electron chi connectivity index (χ1n) is 5.91. The number of hydrogen-bond acceptors (Lipinski definition) is 2.